The smallest absolute Gasteiger partial charge is 0.410 e. The molecule has 8 heteroatoms. The molecule has 1 aromatic carbocycles. The molecule has 0 unspecified atom stereocenters. The number of rotatable bonds is 8. The molecule has 0 bridgehead atoms. The average molecular weight is 495 g/mol. The van der Waals surface area contributed by atoms with Gasteiger partial charge in [-0.2, -0.15) is 0 Å². The first kappa shape index (κ1) is 23.0. The second-order valence-electron chi connectivity index (χ2n) is 9.04. The number of piperidine rings is 1. The summed E-state index contributed by atoms with van der Waals surface area (Å²) >= 11 is 3.50. The highest BCUT2D eigenvalue weighted by Gasteiger charge is 2.28. The second-order valence-corrected chi connectivity index (χ2v) is 15.5. The number of ether oxygens (including phenoxy) is 2. The molecule has 0 radical (unpaired) electrons. The maximum atomic E-state index is 12.4. The molecule has 1 aliphatic rings. The normalized spacial score (nSPS) is 15.4. The first-order valence-corrected chi connectivity index (χ1v) is 15.1. The number of amides is 1. The average Bonchev–Trinajstić information content (AvgIpc) is 3.10. The maximum Gasteiger partial charge on any atom is 0.410 e. The molecule has 1 aliphatic heterocycles. The third kappa shape index (κ3) is 6.96. The van der Waals surface area contributed by atoms with E-state index >= 15 is 0 Å². The Morgan fingerprint density at radius 2 is 1.90 bits per heavy atom. The molecule has 0 N–H and O–H groups in total. The third-order valence-electron chi connectivity index (χ3n) is 5.33. The molecule has 0 spiro atoms. The van der Waals surface area contributed by atoms with Gasteiger partial charge in [-0.15, -0.1) is 0 Å². The Kier molecular flexibility index (Phi) is 8.13. The van der Waals surface area contributed by atoms with E-state index in [1.807, 2.05) is 36.5 Å². The van der Waals surface area contributed by atoms with Crippen molar-refractivity contribution in [2.45, 2.75) is 57.8 Å². The molecule has 1 fully saturated rings. The fourth-order valence-corrected chi connectivity index (χ4v) is 4.68. The standard InChI is InChI=1S/C22H32BrN3O3Si/c1-30(2,3)14-13-28-17-26-15-20(23)24-21(26)19-9-11-25(12-10-19)22(27)29-16-18-7-5-4-6-8-18/h4-8,15,19H,9-14,16-17H2,1-3H3. The number of likely N-dealkylation sites (tertiary alicyclic amines) is 1. The lowest BCUT2D eigenvalue weighted by Crippen LogP contribution is -2.38. The van der Waals surface area contributed by atoms with E-state index in [0.29, 0.717) is 32.3 Å². The first-order chi connectivity index (χ1) is 14.3. The zero-order chi connectivity index (χ0) is 21.6. The van der Waals surface area contributed by atoms with Crippen molar-refractivity contribution in [1.82, 2.24) is 14.5 Å². The number of carbonyl (C=O) groups is 1. The van der Waals surface area contributed by atoms with Gasteiger partial charge in [0, 0.05) is 39.9 Å². The summed E-state index contributed by atoms with van der Waals surface area (Å²) in [5.41, 5.74) is 1.00. The van der Waals surface area contributed by atoms with Gasteiger partial charge < -0.3 is 18.9 Å². The van der Waals surface area contributed by atoms with Crippen molar-refractivity contribution in [2.24, 2.45) is 0 Å². The Bertz CT molecular complexity index is 815. The van der Waals surface area contributed by atoms with Crippen molar-refractivity contribution in [1.29, 1.82) is 0 Å². The van der Waals surface area contributed by atoms with Crippen molar-refractivity contribution in [3.63, 3.8) is 0 Å². The fraction of sp³-hybridized carbons (Fsp3) is 0.545. The van der Waals surface area contributed by atoms with Gasteiger partial charge in [0.15, 0.2) is 0 Å². The lowest BCUT2D eigenvalue weighted by atomic mass is 9.96. The van der Waals surface area contributed by atoms with Gasteiger partial charge in [-0.25, -0.2) is 9.78 Å². The highest BCUT2D eigenvalue weighted by atomic mass is 79.9. The lowest BCUT2D eigenvalue weighted by Gasteiger charge is -2.31. The van der Waals surface area contributed by atoms with Gasteiger partial charge in [0.25, 0.3) is 0 Å². The van der Waals surface area contributed by atoms with Crippen molar-refractivity contribution < 1.29 is 14.3 Å². The summed E-state index contributed by atoms with van der Waals surface area (Å²) < 4.78 is 14.3. The number of hydrogen-bond donors (Lipinski definition) is 0. The molecule has 30 heavy (non-hydrogen) atoms. The number of benzene rings is 1. The molecular weight excluding hydrogens is 462 g/mol. The summed E-state index contributed by atoms with van der Waals surface area (Å²) in [5, 5.41) is 0. The zero-order valence-electron chi connectivity index (χ0n) is 18.1. The summed E-state index contributed by atoms with van der Waals surface area (Å²) in [5.74, 6) is 1.35. The van der Waals surface area contributed by atoms with Crippen LogP contribution in [0.3, 0.4) is 0 Å². The van der Waals surface area contributed by atoms with Crippen LogP contribution >= 0.6 is 15.9 Å². The van der Waals surface area contributed by atoms with E-state index in [-0.39, 0.29) is 6.09 Å². The predicted molar refractivity (Wildman–Crippen MR) is 124 cm³/mol. The lowest BCUT2D eigenvalue weighted by molar-refractivity contribution is 0.0777. The number of carbonyl (C=O) groups excluding carboxylic acids is 1. The molecule has 0 saturated carbocycles. The van der Waals surface area contributed by atoms with Crippen LogP contribution in [-0.4, -0.2) is 48.3 Å². The number of nitrogens with zero attached hydrogens (tertiary/aromatic N) is 3. The van der Waals surface area contributed by atoms with Crippen LogP contribution in [0.2, 0.25) is 25.7 Å². The van der Waals surface area contributed by atoms with Crippen LogP contribution in [0.4, 0.5) is 4.79 Å². The van der Waals surface area contributed by atoms with Crippen molar-refractivity contribution in [3.8, 4) is 0 Å². The van der Waals surface area contributed by atoms with Crippen LogP contribution in [0, 0.1) is 0 Å². The monoisotopic (exact) mass is 493 g/mol. The summed E-state index contributed by atoms with van der Waals surface area (Å²) in [4.78, 5) is 18.9. The van der Waals surface area contributed by atoms with Crippen LogP contribution in [0.25, 0.3) is 0 Å². The van der Waals surface area contributed by atoms with E-state index in [4.69, 9.17) is 9.47 Å². The summed E-state index contributed by atoms with van der Waals surface area (Å²) in [6, 6.07) is 10.9. The molecule has 2 aromatic rings. The summed E-state index contributed by atoms with van der Waals surface area (Å²) in [6.07, 6.45) is 3.50. The van der Waals surface area contributed by atoms with Crippen molar-refractivity contribution in [3.05, 3.63) is 52.5 Å². The molecule has 1 saturated heterocycles. The minimum absolute atomic E-state index is 0.239. The van der Waals surface area contributed by atoms with Gasteiger partial charge in [0.1, 0.15) is 23.8 Å². The van der Waals surface area contributed by atoms with Gasteiger partial charge in [0.2, 0.25) is 0 Å². The van der Waals surface area contributed by atoms with Gasteiger partial charge in [-0.1, -0.05) is 50.0 Å². The molecule has 0 atom stereocenters. The second kappa shape index (κ2) is 10.6. The number of imidazole rings is 1. The molecular formula is C22H32BrN3O3Si. The molecule has 1 amide bonds. The van der Waals surface area contributed by atoms with E-state index < -0.39 is 8.07 Å². The highest BCUT2D eigenvalue weighted by molar-refractivity contribution is 9.10. The molecule has 0 aliphatic carbocycles. The number of aromatic nitrogens is 2. The minimum Gasteiger partial charge on any atom is -0.445 e. The first-order valence-electron chi connectivity index (χ1n) is 10.6. The van der Waals surface area contributed by atoms with Crippen LogP contribution in [0.1, 0.15) is 30.1 Å². The van der Waals surface area contributed by atoms with Gasteiger partial charge in [-0.05, 0) is 40.4 Å². The summed E-state index contributed by atoms with van der Waals surface area (Å²) in [6.45, 7) is 10.1. The Balaban J connectivity index is 1.48. The topological polar surface area (TPSA) is 56.6 Å². The van der Waals surface area contributed by atoms with E-state index in [1.165, 1.54) is 0 Å². The van der Waals surface area contributed by atoms with Crippen molar-refractivity contribution >= 4 is 30.1 Å². The molecule has 3 rings (SSSR count). The van der Waals surface area contributed by atoms with E-state index in [9.17, 15) is 4.79 Å². The number of hydrogen-bond acceptors (Lipinski definition) is 4. The Hall–Kier alpha value is -1.64. The van der Waals surface area contributed by atoms with E-state index in [1.54, 1.807) is 4.90 Å². The van der Waals surface area contributed by atoms with Gasteiger partial charge in [0.05, 0.1) is 0 Å². The van der Waals surface area contributed by atoms with E-state index in [2.05, 4.69) is 45.1 Å². The van der Waals surface area contributed by atoms with Gasteiger partial charge in [-0.3, -0.25) is 0 Å². The molecule has 164 valence electrons. The SMILES string of the molecule is C[Si](C)(C)CCOCn1cc(Br)nc1C1CCN(C(=O)OCc2ccccc2)CC1. The Morgan fingerprint density at radius 1 is 1.20 bits per heavy atom. The van der Waals surface area contributed by atoms with Crippen molar-refractivity contribution in [2.75, 3.05) is 19.7 Å². The third-order valence-corrected chi connectivity index (χ3v) is 7.41. The zero-order valence-corrected chi connectivity index (χ0v) is 20.7. The minimum atomic E-state index is -1.09. The highest BCUT2D eigenvalue weighted by Crippen LogP contribution is 2.29. The van der Waals surface area contributed by atoms with Crippen LogP contribution < -0.4 is 0 Å². The molecule has 1 aromatic heterocycles. The van der Waals surface area contributed by atoms with Crippen LogP contribution in [0.5, 0.6) is 0 Å². The Morgan fingerprint density at radius 3 is 2.57 bits per heavy atom. The van der Waals surface area contributed by atoms with Crippen LogP contribution in [0.15, 0.2) is 41.1 Å². The quantitative estimate of drug-likeness (QED) is 0.361. The maximum absolute atomic E-state index is 12.4. The number of halogens is 1. The Labute approximate surface area is 188 Å². The van der Waals surface area contributed by atoms with Gasteiger partial charge >= 0.3 is 6.09 Å². The van der Waals surface area contributed by atoms with E-state index in [0.717, 1.165) is 41.5 Å². The summed E-state index contributed by atoms with van der Waals surface area (Å²) in [7, 11) is -1.09. The molecule has 2 heterocycles. The molecule has 6 nitrogen and oxygen atoms in total. The largest absolute Gasteiger partial charge is 0.445 e. The van der Waals surface area contributed by atoms with Crippen LogP contribution in [-0.2, 0) is 22.8 Å². The fourth-order valence-electron chi connectivity index (χ4n) is 3.50. The predicted octanol–water partition coefficient (Wildman–Crippen LogP) is 5.47.